The van der Waals surface area contributed by atoms with E-state index < -0.39 is 29.3 Å². The lowest BCUT2D eigenvalue weighted by Gasteiger charge is -2.22. The van der Waals surface area contributed by atoms with Crippen LogP contribution in [0.5, 0.6) is 11.5 Å². The van der Waals surface area contributed by atoms with Crippen LogP contribution in [0.1, 0.15) is 40.5 Å². The highest BCUT2D eigenvalue weighted by Crippen LogP contribution is 2.28. The van der Waals surface area contributed by atoms with Crippen molar-refractivity contribution in [2.24, 2.45) is 0 Å². The molecule has 0 aliphatic carbocycles. The minimum Gasteiger partial charge on any atom is -0.497 e. The van der Waals surface area contributed by atoms with Gasteiger partial charge in [0.05, 0.1) is 12.5 Å². The van der Waals surface area contributed by atoms with Crippen LogP contribution in [0.25, 0.3) is 21.7 Å². The lowest BCUT2D eigenvalue weighted by atomic mass is 10.1. The van der Waals surface area contributed by atoms with Gasteiger partial charge in [-0.2, -0.15) is 0 Å². The zero-order valence-corrected chi connectivity index (χ0v) is 18.8. The Balaban J connectivity index is 1.85. The Labute approximate surface area is 185 Å². The number of esters is 1. The average Bonchev–Trinajstić information content (AvgIpc) is 2.71. The van der Waals surface area contributed by atoms with Crippen molar-refractivity contribution in [1.82, 2.24) is 5.32 Å². The van der Waals surface area contributed by atoms with Crippen LogP contribution in [0.2, 0.25) is 0 Å². The summed E-state index contributed by atoms with van der Waals surface area (Å²) < 4.78 is 21.3. The molecular formula is C24H27NO7. The summed E-state index contributed by atoms with van der Waals surface area (Å²) in [6, 6.07) is 9.09. The first-order chi connectivity index (χ1) is 15.1. The maximum atomic E-state index is 12.7. The second kappa shape index (κ2) is 9.30. The Kier molecular flexibility index (Phi) is 6.72. The number of fused-ring (bicyclic) bond motifs is 3. The zero-order chi connectivity index (χ0) is 23.5. The minimum atomic E-state index is -0.873. The Morgan fingerprint density at radius 3 is 2.38 bits per heavy atom. The highest BCUT2D eigenvalue weighted by atomic mass is 16.6. The van der Waals surface area contributed by atoms with Crippen molar-refractivity contribution < 1.29 is 28.2 Å². The van der Waals surface area contributed by atoms with E-state index in [2.05, 4.69) is 5.32 Å². The van der Waals surface area contributed by atoms with Gasteiger partial charge >= 0.3 is 17.7 Å². The SMILES string of the molecule is CCCC(NC(=O)OC(C)(C)C)C(=O)Oc1ccc2c(c1)oc(=O)c1cc(OC)ccc12. The summed E-state index contributed by atoms with van der Waals surface area (Å²) in [6.07, 6.45) is 0.337. The third-order valence-electron chi connectivity index (χ3n) is 4.66. The summed E-state index contributed by atoms with van der Waals surface area (Å²) in [4.78, 5) is 37.2. The quantitative estimate of drug-likeness (QED) is 0.259. The van der Waals surface area contributed by atoms with Crippen LogP contribution >= 0.6 is 0 Å². The van der Waals surface area contributed by atoms with E-state index in [4.69, 9.17) is 18.6 Å². The predicted molar refractivity (Wildman–Crippen MR) is 120 cm³/mol. The molecule has 1 heterocycles. The summed E-state index contributed by atoms with van der Waals surface area (Å²) in [7, 11) is 1.52. The first kappa shape index (κ1) is 23.1. The van der Waals surface area contributed by atoms with Gasteiger partial charge in [0.2, 0.25) is 0 Å². The number of ether oxygens (including phenoxy) is 3. The van der Waals surface area contributed by atoms with Crippen LogP contribution in [0.4, 0.5) is 4.79 Å². The molecule has 32 heavy (non-hydrogen) atoms. The number of alkyl carbamates (subject to hydrolysis) is 1. The molecule has 1 atom stereocenters. The van der Waals surface area contributed by atoms with E-state index in [9.17, 15) is 14.4 Å². The predicted octanol–water partition coefficient (Wildman–Crippen LogP) is 4.55. The lowest BCUT2D eigenvalue weighted by Crippen LogP contribution is -2.45. The molecule has 1 N–H and O–H groups in total. The van der Waals surface area contributed by atoms with Gasteiger partial charge in [0.15, 0.2) is 0 Å². The Morgan fingerprint density at radius 1 is 1.03 bits per heavy atom. The lowest BCUT2D eigenvalue weighted by molar-refractivity contribution is -0.137. The maximum Gasteiger partial charge on any atom is 0.408 e. The molecule has 170 valence electrons. The number of nitrogens with one attached hydrogen (secondary N) is 1. The number of amides is 1. The monoisotopic (exact) mass is 441 g/mol. The van der Waals surface area contributed by atoms with Crippen molar-refractivity contribution in [2.75, 3.05) is 7.11 Å². The summed E-state index contributed by atoms with van der Waals surface area (Å²) in [5.41, 5.74) is -0.927. The fraction of sp³-hybridized carbons (Fsp3) is 0.375. The third kappa shape index (κ3) is 5.38. The summed E-state index contributed by atoms with van der Waals surface area (Å²) in [5, 5.41) is 4.34. The van der Waals surface area contributed by atoms with Gasteiger partial charge in [-0.05, 0) is 57.5 Å². The fourth-order valence-corrected chi connectivity index (χ4v) is 3.26. The molecule has 3 rings (SSSR count). The molecule has 8 heteroatoms. The van der Waals surface area contributed by atoms with E-state index in [0.29, 0.717) is 34.7 Å². The highest BCUT2D eigenvalue weighted by Gasteiger charge is 2.25. The van der Waals surface area contributed by atoms with Crippen molar-refractivity contribution in [3.63, 3.8) is 0 Å². The second-order valence-electron chi connectivity index (χ2n) is 8.37. The van der Waals surface area contributed by atoms with Crippen molar-refractivity contribution in [1.29, 1.82) is 0 Å². The molecule has 2 aromatic carbocycles. The molecule has 0 aliphatic rings. The normalized spacial score (nSPS) is 12.4. The second-order valence-corrected chi connectivity index (χ2v) is 8.37. The highest BCUT2D eigenvalue weighted by molar-refractivity contribution is 6.05. The van der Waals surface area contributed by atoms with Gasteiger partial charge < -0.3 is 23.9 Å². The molecule has 0 saturated carbocycles. The van der Waals surface area contributed by atoms with Gasteiger partial charge in [0.25, 0.3) is 0 Å². The molecule has 0 aliphatic heterocycles. The topological polar surface area (TPSA) is 104 Å². The number of hydrogen-bond donors (Lipinski definition) is 1. The third-order valence-corrected chi connectivity index (χ3v) is 4.66. The van der Waals surface area contributed by atoms with Gasteiger partial charge in [-0.1, -0.05) is 13.3 Å². The van der Waals surface area contributed by atoms with Crippen LogP contribution in [-0.4, -0.2) is 30.8 Å². The number of hydrogen-bond acceptors (Lipinski definition) is 7. The molecule has 0 fully saturated rings. The molecule has 1 amide bonds. The minimum absolute atomic E-state index is 0.200. The number of carbonyl (C=O) groups is 2. The van der Waals surface area contributed by atoms with Crippen LogP contribution in [0.15, 0.2) is 45.6 Å². The molecule has 0 radical (unpaired) electrons. The van der Waals surface area contributed by atoms with Gasteiger partial charge in [0.1, 0.15) is 28.7 Å². The number of rotatable bonds is 6. The molecular weight excluding hydrogens is 414 g/mol. The molecule has 0 spiro atoms. The Hall–Kier alpha value is -3.55. The molecule has 3 aromatic rings. The van der Waals surface area contributed by atoms with E-state index in [0.717, 1.165) is 0 Å². The number of benzene rings is 2. The van der Waals surface area contributed by atoms with Crippen molar-refractivity contribution in [3.8, 4) is 11.5 Å². The molecule has 8 nitrogen and oxygen atoms in total. The van der Waals surface area contributed by atoms with Gasteiger partial charge in [-0.15, -0.1) is 0 Å². The summed E-state index contributed by atoms with van der Waals surface area (Å²) in [5.74, 6) is 0.115. The van der Waals surface area contributed by atoms with E-state index in [1.165, 1.54) is 13.2 Å². The Bertz CT molecular complexity index is 1210. The maximum absolute atomic E-state index is 12.7. The van der Waals surface area contributed by atoms with Crippen molar-refractivity contribution >= 4 is 33.8 Å². The van der Waals surface area contributed by atoms with Gasteiger partial charge in [0, 0.05) is 16.8 Å². The van der Waals surface area contributed by atoms with E-state index in [1.54, 1.807) is 51.1 Å². The summed E-state index contributed by atoms with van der Waals surface area (Å²) >= 11 is 0. The van der Waals surface area contributed by atoms with Gasteiger partial charge in [-0.25, -0.2) is 14.4 Å². The average molecular weight is 441 g/mol. The van der Waals surface area contributed by atoms with E-state index >= 15 is 0 Å². The van der Waals surface area contributed by atoms with Crippen LogP contribution < -0.4 is 20.4 Å². The molecule has 0 saturated heterocycles. The Morgan fingerprint density at radius 2 is 1.72 bits per heavy atom. The fourth-order valence-electron chi connectivity index (χ4n) is 3.26. The first-order valence-corrected chi connectivity index (χ1v) is 10.4. The number of carbonyl (C=O) groups excluding carboxylic acids is 2. The van der Waals surface area contributed by atoms with Crippen molar-refractivity contribution in [3.05, 3.63) is 46.8 Å². The van der Waals surface area contributed by atoms with Crippen molar-refractivity contribution in [2.45, 2.75) is 52.2 Å². The van der Waals surface area contributed by atoms with E-state index in [1.807, 2.05) is 6.92 Å². The molecule has 1 aromatic heterocycles. The van der Waals surface area contributed by atoms with E-state index in [-0.39, 0.29) is 11.3 Å². The van der Waals surface area contributed by atoms with Crippen LogP contribution in [0, 0.1) is 0 Å². The number of methoxy groups -OCH3 is 1. The van der Waals surface area contributed by atoms with Crippen LogP contribution in [-0.2, 0) is 9.53 Å². The smallest absolute Gasteiger partial charge is 0.408 e. The summed E-state index contributed by atoms with van der Waals surface area (Å²) in [6.45, 7) is 7.11. The van der Waals surface area contributed by atoms with Crippen LogP contribution in [0.3, 0.4) is 0 Å². The largest absolute Gasteiger partial charge is 0.497 e. The molecule has 0 bridgehead atoms. The zero-order valence-electron chi connectivity index (χ0n) is 18.8. The first-order valence-electron chi connectivity index (χ1n) is 10.4. The molecule has 1 unspecified atom stereocenters. The standard InChI is InChI=1S/C24H27NO7/c1-6-7-19(25-23(28)32-24(2,3)4)22(27)30-15-9-11-17-16-10-8-14(29-5)12-18(16)21(26)31-20(17)13-15/h8-13,19H,6-7H2,1-5H3,(H,25,28). The van der Waals surface area contributed by atoms with Gasteiger partial charge in [-0.3, -0.25) is 0 Å².